The number of unbranched alkanes of at least 4 members (excludes halogenated alkanes) is 4. The monoisotopic (exact) mass is 610 g/mol. The number of alkyl halides is 1. The van der Waals surface area contributed by atoms with E-state index in [1.807, 2.05) is 0 Å². The minimum Gasteiger partial charge on any atom is -0.379 e. The molecular weight excluding hydrogens is 551 g/mol. The number of hydrogen-bond acceptors (Lipinski definition) is 10. The van der Waals surface area contributed by atoms with Crippen LogP contribution in [0.4, 0.5) is 4.39 Å². The fourth-order valence-electron chi connectivity index (χ4n) is 5.24. The van der Waals surface area contributed by atoms with Crippen LogP contribution < -0.4 is 0 Å². The van der Waals surface area contributed by atoms with Gasteiger partial charge in [0.25, 0.3) is 0 Å². The Kier molecular flexibility index (Phi) is 19.8. The highest BCUT2D eigenvalue weighted by Gasteiger charge is 2.51. The average molecular weight is 611 g/mol. The maximum atomic E-state index is 14.9. The lowest BCUT2D eigenvalue weighted by molar-refractivity contribution is -0.337. The van der Waals surface area contributed by atoms with Crippen LogP contribution in [0.2, 0.25) is 0 Å². The van der Waals surface area contributed by atoms with Gasteiger partial charge in [-0.2, -0.15) is 0 Å². The van der Waals surface area contributed by atoms with E-state index in [0.717, 1.165) is 51.4 Å². The summed E-state index contributed by atoms with van der Waals surface area (Å²) in [6.45, 7) is 11.1. The predicted molar refractivity (Wildman–Crippen MR) is 156 cm³/mol. The first kappa shape index (κ1) is 37.7. The lowest BCUT2D eigenvalue weighted by Crippen LogP contribution is -2.63. The van der Waals surface area contributed by atoms with Crippen molar-refractivity contribution in [1.29, 1.82) is 0 Å². The number of hydrogen-bond donors (Lipinski definition) is 0. The normalized spacial score (nSPS) is 33.7. The van der Waals surface area contributed by atoms with Crippen LogP contribution in [0.25, 0.3) is 0 Å². The van der Waals surface area contributed by atoms with E-state index in [0.29, 0.717) is 33.0 Å². The van der Waals surface area contributed by atoms with Gasteiger partial charge in [0.2, 0.25) is 6.36 Å². The van der Waals surface area contributed by atoms with Crippen LogP contribution in [0.15, 0.2) is 0 Å². The van der Waals surface area contributed by atoms with E-state index in [4.69, 9.17) is 47.4 Å². The van der Waals surface area contributed by atoms with Crippen molar-refractivity contribution in [3.63, 3.8) is 0 Å². The fraction of sp³-hybridized carbons (Fsp3) is 1.00. The van der Waals surface area contributed by atoms with Gasteiger partial charge in [-0.15, -0.1) is 0 Å². The van der Waals surface area contributed by atoms with Crippen molar-refractivity contribution in [2.45, 2.75) is 141 Å². The molecular formula is C31H59FO10. The van der Waals surface area contributed by atoms with Gasteiger partial charge in [-0.25, -0.2) is 4.39 Å². The molecule has 2 saturated heterocycles. The van der Waals surface area contributed by atoms with Gasteiger partial charge in [-0.05, 0) is 25.7 Å². The van der Waals surface area contributed by atoms with Crippen LogP contribution in [0.3, 0.4) is 0 Å². The summed E-state index contributed by atoms with van der Waals surface area (Å²) in [5.41, 5.74) is 0. The molecule has 2 aliphatic heterocycles. The number of halogens is 1. The molecule has 10 unspecified atom stereocenters. The molecule has 0 aromatic rings. The molecule has 0 saturated carbocycles. The molecule has 10 nitrogen and oxygen atoms in total. The molecule has 0 amide bonds. The maximum Gasteiger partial charge on any atom is 0.228 e. The maximum absolute atomic E-state index is 14.9. The summed E-state index contributed by atoms with van der Waals surface area (Å²) in [6, 6.07) is 0. The summed E-state index contributed by atoms with van der Waals surface area (Å²) in [7, 11) is 4.46. The fourth-order valence-corrected chi connectivity index (χ4v) is 5.24. The molecule has 0 aromatic heterocycles. The Morgan fingerprint density at radius 3 is 1.55 bits per heavy atom. The topological polar surface area (TPSA) is 92.3 Å². The first-order valence-corrected chi connectivity index (χ1v) is 16.1. The van der Waals surface area contributed by atoms with Gasteiger partial charge in [-0.1, -0.05) is 53.4 Å². The van der Waals surface area contributed by atoms with Crippen LogP contribution in [0, 0.1) is 0 Å². The van der Waals surface area contributed by atoms with Crippen molar-refractivity contribution < 1.29 is 51.8 Å². The molecule has 250 valence electrons. The van der Waals surface area contributed by atoms with Gasteiger partial charge < -0.3 is 47.4 Å². The van der Waals surface area contributed by atoms with Crippen molar-refractivity contribution in [2.75, 3.05) is 61.0 Å². The molecule has 2 fully saturated rings. The van der Waals surface area contributed by atoms with Crippen molar-refractivity contribution in [3.8, 4) is 0 Å². The molecule has 0 radical (unpaired) electrons. The largest absolute Gasteiger partial charge is 0.379 e. The van der Waals surface area contributed by atoms with Gasteiger partial charge in [-0.3, -0.25) is 0 Å². The second-order valence-electron chi connectivity index (χ2n) is 11.0. The second kappa shape index (κ2) is 22.1. The van der Waals surface area contributed by atoms with E-state index in [-0.39, 0.29) is 6.61 Å². The summed E-state index contributed by atoms with van der Waals surface area (Å²) < 4.78 is 75.4. The molecule has 0 aliphatic carbocycles. The van der Waals surface area contributed by atoms with E-state index in [1.165, 1.54) is 21.3 Å². The van der Waals surface area contributed by atoms with Crippen LogP contribution in [0.1, 0.15) is 79.1 Å². The summed E-state index contributed by atoms with van der Waals surface area (Å²) >= 11 is 0. The number of methoxy groups -OCH3 is 3. The molecule has 0 spiro atoms. The highest BCUT2D eigenvalue weighted by Crippen LogP contribution is 2.32. The Morgan fingerprint density at radius 2 is 1.00 bits per heavy atom. The molecule has 0 N–H and O–H groups in total. The highest BCUT2D eigenvalue weighted by molar-refractivity contribution is 4.95. The van der Waals surface area contributed by atoms with Crippen LogP contribution in [-0.2, 0) is 47.4 Å². The Balaban J connectivity index is 2.31. The molecule has 2 heterocycles. The molecule has 11 heteroatoms. The van der Waals surface area contributed by atoms with E-state index in [1.54, 1.807) is 0 Å². The molecule has 0 bridgehead atoms. The summed E-state index contributed by atoms with van der Waals surface area (Å²) in [5.74, 6) is 0. The first-order chi connectivity index (χ1) is 20.5. The zero-order chi connectivity index (χ0) is 30.7. The van der Waals surface area contributed by atoms with Crippen molar-refractivity contribution in [1.82, 2.24) is 0 Å². The zero-order valence-corrected chi connectivity index (χ0v) is 27.1. The van der Waals surface area contributed by atoms with Crippen molar-refractivity contribution in [2.24, 2.45) is 0 Å². The van der Waals surface area contributed by atoms with E-state index in [9.17, 15) is 4.39 Å². The van der Waals surface area contributed by atoms with Gasteiger partial charge in [0.15, 0.2) is 6.29 Å². The van der Waals surface area contributed by atoms with Crippen LogP contribution in [0.5, 0.6) is 0 Å². The predicted octanol–water partition coefficient (Wildman–Crippen LogP) is 4.84. The third-order valence-corrected chi connectivity index (χ3v) is 7.76. The number of rotatable bonds is 23. The van der Waals surface area contributed by atoms with Crippen LogP contribution >= 0.6 is 0 Å². The zero-order valence-electron chi connectivity index (χ0n) is 27.1. The summed E-state index contributed by atoms with van der Waals surface area (Å²) in [6.07, 6.45) is 0.351. The molecule has 0 aromatic carbocycles. The van der Waals surface area contributed by atoms with E-state index in [2.05, 4.69) is 27.7 Å². The van der Waals surface area contributed by atoms with E-state index >= 15 is 0 Å². The average Bonchev–Trinajstić information content (AvgIpc) is 2.99. The first-order valence-electron chi connectivity index (χ1n) is 16.1. The van der Waals surface area contributed by atoms with Gasteiger partial charge in [0.05, 0.1) is 13.2 Å². The van der Waals surface area contributed by atoms with Crippen molar-refractivity contribution in [3.05, 3.63) is 0 Å². The Morgan fingerprint density at radius 1 is 0.500 bits per heavy atom. The third-order valence-electron chi connectivity index (χ3n) is 7.76. The van der Waals surface area contributed by atoms with E-state index < -0.39 is 61.5 Å². The summed E-state index contributed by atoms with van der Waals surface area (Å²) in [5, 5.41) is 0. The molecule has 2 rings (SSSR count). The molecule has 2 aliphatic rings. The molecule has 42 heavy (non-hydrogen) atoms. The summed E-state index contributed by atoms with van der Waals surface area (Å²) in [4.78, 5) is 0. The smallest absolute Gasteiger partial charge is 0.228 e. The third kappa shape index (κ3) is 11.5. The quantitative estimate of drug-likeness (QED) is 0.150. The SMILES string of the molecule is CCCCOCC1OC(OCC2OC(F)C(OC)C(OC)C2OC)C(OCCCC)C(OCCCC)C1OCCCC. The lowest BCUT2D eigenvalue weighted by Gasteiger charge is -2.47. The Bertz CT molecular complexity index is 661. The van der Waals surface area contributed by atoms with Gasteiger partial charge >= 0.3 is 0 Å². The Labute approximate surface area is 253 Å². The standard InChI is InChI=1S/C31H59FO10/c1-8-12-16-36-20-22-25(37-17-13-9-2)27(38-18-14-10-3)29(39-19-15-11-4)31(42-22)40-21-23-24(33-5)26(34-6)28(35-7)30(32)41-23/h22-31H,8-21H2,1-7H3. The second-order valence-corrected chi connectivity index (χ2v) is 11.0. The highest BCUT2D eigenvalue weighted by atomic mass is 19.1. The van der Waals surface area contributed by atoms with Crippen LogP contribution in [-0.4, -0.2) is 122 Å². The van der Waals surface area contributed by atoms with Gasteiger partial charge in [0, 0.05) is 47.8 Å². The molecule has 10 atom stereocenters. The van der Waals surface area contributed by atoms with Crippen molar-refractivity contribution >= 4 is 0 Å². The lowest BCUT2D eigenvalue weighted by atomic mass is 9.97. The Hall–Kier alpha value is -0.470. The number of ether oxygens (including phenoxy) is 10. The van der Waals surface area contributed by atoms with Gasteiger partial charge in [0.1, 0.15) is 48.8 Å². The minimum absolute atomic E-state index is 0.0139. The minimum atomic E-state index is -1.70.